The molecule has 1 nitrogen and oxygen atoms in total. The summed E-state index contributed by atoms with van der Waals surface area (Å²) in [6.07, 6.45) is 10.2. The fourth-order valence-electron chi connectivity index (χ4n) is 0.556. The van der Waals surface area contributed by atoms with Crippen LogP contribution < -0.4 is 0 Å². The number of aromatic nitrogens is 1. The Morgan fingerprint density at radius 2 is 2.11 bits per heavy atom. The second kappa shape index (κ2) is 2.88. The van der Waals surface area contributed by atoms with Crippen molar-refractivity contribution in [2.75, 3.05) is 0 Å². The van der Waals surface area contributed by atoms with Crippen LogP contribution in [-0.2, 0) is 0 Å². The van der Waals surface area contributed by atoms with Crippen molar-refractivity contribution in [3.05, 3.63) is 36.5 Å². The Kier molecular flexibility index (Phi) is 1.87. The van der Waals surface area contributed by atoms with E-state index >= 15 is 0 Å². The molecule has 1 heterocycles. The number of hydrogen-bond acceptors (Lipinski definition) is 1. The van der Waals surface area contributed by atoms with Gasteiger partial charge in [0.1, 0.15) is 0 Å². The predicted octanol–water partition coefficient (Wildman–Crippen LogP) is 1.27. The van der Waals surface area contributed by atoms with Crippen molar-refractivity contribution in [3.63, 3.8) is 0 Å². The molecule has 1 rings (SSSR count). The zero-order valence-electron chi connectivity index (χ0n) is 4.91. The first-order valence-electron chi connectivity index (χ1n) is 2.63. The van der Waals surface area contributed by atoms with Crippen molar-refractivity contribution < 1.29 is 0 Å². The van der Waals surface area contributed by atoms with Crippen LogP contribution in [0.2, 0.25) is 0 Å². The first-order chi connectivity index (χ1) is 4.43. The minimum Gasteiger partial charge on any atom is -0.265 e. The van der Waals surface area contributed by atoms with E-state index in [9.17, 15) is 0 Å². The zero-order valence-corrected chi connectivity index (χ0v) is 4.91. The fraction of sp³-hybridized carbons (Fsp3) is 0. The summed E-state index contributed by atoms with van der Waals surface area (Å²) in [5.74, 6) is 2.43. The number of rotatable bonds is 1. The van der Waals surface area contributed by atoms with Gasteiger partial charge in [-0.05, 0) is 17.7 Å². The van der Waals surface area contributed by atoms with Gasteiger partial charge >= 0.3 is 0 Å². The van der Waals surface area contributed by atoms with Gasteiger partial charge in [0.25, 0.3) is 0 Å². The summed E-state index contributed by atoms with van der Waals surface area (Å²) in [4.78, 5) is 3.84. The van der Waals surface area contributed by atoms with E-state index in [-0.39, 0.29) is 0 Å². The van der Waals surface area contributed by atoms with Crippen LogP contribution in [0, 0.1) is 18.8 Å². The Morgan fingerprint density at radius 1 is 1.44 bits per heavy atom. The molecule has 1 radical (unpaired) electrons. The van der Waals surface area contributed by atoms with Crippen molar-refractivity contribution in [2.45, 2.75) is 0 Å². The van der Waals surface area contributed by atoms with Gasteiger partial charge < -0.3 is 0 Å². The van der Waals surface area contributed by atoms with Crippen LogP contribution in [0.4, 0.5) is 0 Å². The first-order valence-corrected chi connectivity index (χ1v) is 2.63. The highest BCUT2D eigenvalue weighted by Gasteiger charge is 1.84. The summed E-state index contributed by atoms with van der Waals surface area (Å²) in [5, 5.41) is 0. The molecule has 9 heavy (non-hydrogen) atoms. The molecule has 0 atom stereocenters. The summed E-state index contributed by atoms with van der Waals surface area (Å²) in [6, 6.07) is 3.72. The lowest BCUT2D eigenvalue weighted by Gasteiger charge is -1.88. The third-order valence-electron chi connectivity index (χ3n) is 0.956. The molecule has 0 aliphatic heterocycles. The molecule has 0 aliphatic rings. The van der Waals surface area contributed by atoms with Crippen LogP contribution in [0.5, 0.6) is 0 Å². The SMILES string of the molecule is C#C[CH]c1ccncc1. The Bertz CT molecular complexity index is 208. The van der Waals surface area contributed by atoms with Crippen LogP contribution in [0.25, 0.3) is 0 Å². The van der Waals surface area contributed by atoms with Gasteiger partial charge in [0.2, 0.25) is 0 Å². The molecule has 0 aromatic carbocycles. The molecule has 0 aliphatic carbocycles. The van der Waals surface area contributed by atoms with Gasteiger partial charge in [0.15, 0.2) is 0 Å². The average Bonchev–Trinajstić information content (AvgIpc) is 1.91. The zero-order chi connectivity index (χ0) is 6.53. The molecule has 0 fully saturated rings. The number of terminal acetylenes is 1. The van der Waals surface area contributed by atoms with Crippen LogP contribution in [-0.4, -0.2) is 4.98 Å². The summed E-state index contributed by atoms with van der Waals surface area (Å²) in [7, 11) is 0. The van der Waals surface area contributed by atoms with E-state index in [1.54, 1.807) is 18.8 Å². The maximum absolute atomic E-state index is 5.03. The first kappa shape index (κ1) is 5.84. The maximum atomic E-state index is 5.03. The lowest BCUT2D eigenvalue weighted by atomic mass is 10.2. The third-order valence-corrected chi connectivity index (χ3v) is 0.956. The Hall–Kier alpha value is -1.29. The quantitative estimate of drug-likeness (QED) is 0.503. The number of pyridine rings is 1. The van der Waals surface area contributed by atoms with Gasteiger partial charge in [-0.15, -0.1) is 6.42 Å². The largest absolute Gasteiger partial charge is 0.265 e. The molecule has 0 saturated carbocycles. The molecule has 0 saturated heterocycles. The maximum Gasteiger partial charge on any atom is 0.0629 e. The third kappa shape index (κ3) is 1.58. The fourth-order valence-corrected chi connectivity index (χ4v) is 0.556. The monoisotopic (exact) mass is 116 g/mol. The number of hydrogen-bond donors (Lipinski definition) is 0. The van der Waals surface area contributed by atoms with E-state index in [1.165, 1.54) is 0 Å². The molecule has 1 heteroatoms. The van der Waals surface area contributed by atoms with E-state index < -0.39 is 0 Å². The van der Waals surface area contributed by atoms with Gasteiger partial charge in [0.05, 0.1) is 6.42 Å². The topological polar surface area (TPSA) is 12.9 Å². The molecule has 0 unspecified atom stereocenters. The van der Waals surface area contributed by atoms with Crippen molar-refractivity contribution >= 4 is 0 Å². The van der Waals surface area contributed by atoms with E-state index in [0.717, 1.165) is 5.56 Å². The molecule has 0 spiro atoms. The van der Waals surface area contributed by atoms with Crippen molar-refractivity contribution in [3.8, 4) is 12.3 Å². The van der Waals surface area contributed by atoms with Crippen LogP contribution in [0.3, 0.4) is 0 Å². The predicted molar refractivity (Wildman–Crippen MR) is 36.5 cm³/mol. The highest BCUT2D eigenvalue weighted by atomic mass is 14.6. The summed E-state index contributed by atoms with van der Waals surface area (Å²) in [5.41, 5.74) is 1.02. The average molecular weight is 116 g/mol. The summed E-state index contributed by atoms with van der Waals surface area (Å²) in [6.45, 7) is 0. The smallest absolute Gasteiger partial charge is 0.0629 e. The van der Waals surface area contributed by atoms with Crippen LogP contribution >= 0.6 is 0 Å². The number of nitrogens with zero attached hydrogens (tertiary/aromatic N) is 1. The molecule has 0 bridgehead atoms. The molecule has 43 valence electrons. The van der Waals surface area contributed by atoms with Gasteiger partial charge in [0, 0.05) is 12.4 Å². The summed E-state index contributed by atoms with van der Waals surface area (Å²) < 4.78 is 0. The molecule has 0 N–H and O–H groups in total. The Morgan fingerprint density at radius 3 is 2.67 bits per heavy atom. The van der Waals surface area contributed by atoms with Gasteiger partial charge in [-0.2, -0.15) is 0 Å². The molecular formula is C8H6N. The molecular weight excluding hydrogens is 110 g/mol. The van der Waals surface area contributed by atoms with Crippen molar-refractivity contribution in [1.29, 1.82) is 0 Å². The lowest BCUT2D eigenvalue weighted by molar-refractivity contribution is 1.30. The minimum absolute atomic E-state index is 1.02. The van der Waals surface area contributed by atoms with E-state index in [4.69, 9.17) is 6.42 Å². The van der Waals surface area contributed by atoms with E-state index in [0.29, 0.717) is 0 Å². The second-order valence-electron chi connectivity index (χ2n) is 1.59. The summed E-state index contributed by atoms with van der Waals surface area (Å²) >= 11 is 0. The molecule has 1 aromatic rings. The van der Waals surface area contributed by atoms with Crippen LogP contribution in [0.1, 0.15) is 5.56 Å². The van der Waals surface area contributed by atoms with E-state index in [1.807, 2.05) is 12.1 Å². The Balaban J connectivity index is 2.76. The molecule has 1 aromatic heterocycles. The van der Waals surface area contributed by atoms with Crippen LogP contribution in [0.15, 0.2) is 24.5 Å². The normalized spacial score (nSPS) is 8.33. The highest BCUT2D eigenvalue weighted by Crippen LogP contribution is 1.96. The minimum atomic E-state index is 1.02. The molecule has 0 amide bonds. The van der Waals surface area contributed by atoms with Gasteiger partial charge in [-0.3, -0.25) is 4.98 Å². The van der Waals surface area contributed by atoms with Gasteiger partial charge in [-0.25, -0.2) is 0 Å². The van der Waals surface area contributed by atoms with Crippen molar-refractivity contribution in [2.24, 2.45) is 0 Å². The van der Waals surface area contributed by atoms with E-state index in [2.05, 4.69) is 10.9 Å². The standard InChI is InChI=1S/C8H6N/c1-2-3-8-4-6-9-7-5-8/h1,3-7H. The second-order valence-corrected chi connectivity index (χ2v) is 1.59. The lowest BCUT2D eigenvalue weighted by Crippen LogP contribution is -1.76. The van der Waals surface area contributed by atoms with Crippen molar-refractivity contribution in [1.82, 2.24) is 4.98 Å². The highest BCUT2D eigenvalue weighted by molar-refractivity contribution is 5.28. The van der Waals surface area contributed by atoms with Gasteiger partial charge in [-0.1, -0.05) is 5.92 Å². The Labute approximate surface area is 54.7 Å².